The molecule has 3 aliphatic rings. The first-order valence-electron chi connectivity index (χ1n) is 6.09. The Labute approximate surface area is 90.7 Å². The van der Waals surface area contributed by atoms with Gasteiger partial charge in [0, 0.05) is 18.8 Å². The minimum Gasteiger partial charge on any atom is -0.458 e. The average molecular weight is 206 g/mol. The van der Waals surface area contributed by atoms with Gasteiger partial charge in [0.2, 0.25) is 0 Å². The summed E-state index contributed by atoms with van der Waals surface area (Å²) in [6.45, 7) is 4.10. The van der Waals surface area contributed by atoms with Crippen LogP contribution in [-0.2, 0) is 9.53 Å². The van der Waals surface area contributed by atoms with E-state index >= 15 is 0 Å². The molecule has 0 amide bonds. The van der Waals surface area contributed by atoms with Gasteiger partial charge in [-0.05, 0) is 31.6 Å². The van der Waals surface area contributed by atoms with Crippen molar-refractivity contribution in [3.8, 4) is 0 Å². The van der Waals surface area contributed by atoms with Crippen molar-refractivity contribution in [2.75, 3.05) is 0 Å². The van der Waals surface area contributed by atoms with Crippen LogP contribution in [0.25, 0.3) is 0 Å². The largest absolute Gasteiger partial charge is 0.458 e. The summed E-state index contributed by atoms with van der Waals surface area (Å²) in [6, 6.07) is 0. The molecule has 3 atom stereocenters. The van der Waals surface area contributed by atoms with E-state index in [1.165, 1.54) is 24.8 Å². The lowest BCUT2D eigenvalue weighted by Gasteiger charge is -2.47. The molecule has 2 heteroatoms. The lowest BCUT2D eigenvalue weighted by atomic mass is 9.67. The van der Waals surface area contributed by atoms with Gasteiger partial charge in [-0.1, -0.05) is 18.6 Å². The molecular weight excluding hydrogens is 188 g/mol. The molecule has 0 bridgehead atoms. The van der Waals surface area contributed by atoms with Crippen LogP contribution in [0.3, 0.4) is 0 Å². The van der Waals surface area contributed by atoms with Gasteiger partial charge in [0.05, 0.1) is 0 Å². The highest BCUT2D eigenvalue weighted by molar-refractivity contribution is 5.71. The van der Waals surface area contributed by atoms with Crippen molar-refractivity contribution in [2.45, 2.75) is 50.5 Å². The van der Waals surface area contributed by atoms with E-state index in [1.807, 2.05) is 0 Å². The van der Waals surface area contributed by atoms with Gasteiger partial charge in [0.25, 0.3) is 0 Å². The Balaban J connectivity index is 1.96. The third-order valence-corrected chi connectivity index (χ3v) is 4.55. The first kappa shape index (κ1) is 9.44. The zero-order valence-electron chi connectivity index (χ0n) is 9.13. The molecule has 0 radical (unpaired) electrons. The van der Waals surface area contributed by atoms with Crippen LogP contribution in [0.2, 0.25) is 0 Å². The van der Waals surface area contributed by atoms with E-state index in [9.17, 15) is 4.79 Å². The first-order valence-corrected chi connectivity index (χ1v) is 6.09. The maximum Gasteiger partial charge on any atom is 0.306 e. The van der Waals surface area contributed by atoms with Gasteiger partial charge < -0.3 is 4.74 Å². The molecule has 1 spiro atoms. The van der Waals surface area contributed by atoms with Crippen LogP contribution in [0, 0.1) is 11.8 Å². The second kappa shape index (κ2) is 3.10. The molecule has 0 aromatic heterocycles. The van der Waals surface area contributed by atoms with Crippen molar-refractivity contribution in [3.63, 3.8) is 0 Å². The molecule has 0 aromatic carbocycles. The van der Waals surface area contributed by atoms with E-state index in [2.05, 4.69) is 6.58 Å². The highest BCUT2D eigenvalue weighted by Crippen LogP contribution is 2.55. The number of carbonyl (C=O) groups is 1. The molecule has 2 nitrogen and oxygen atoms in total. The van der Waals surface area contributed by atoms with Crippen molar-refractivity contribution in [2.24, 2.45) is 11.8 Å². The van der Waals surface area contributed by atoms with Crippen LogP contribution in [-0.4, -0.2) is 11.6 Å². The molecule has 0 aromatic rings. The first-order chi connectivity index (χ1) is 7.21. The predicted octanol–water partition coefficient (Wildman–Crippen LogP) is 2.83. The minimum absolute atomic E-state index is 0.0212. The predicted molar refractivity (Wildman–Crippen MR) is 57.3 cm³/mol. The maximum atomic E-state index is 11.5. The SMILES string of the molecule is C=C1C[C@@H]2CCC[C@H]3CCC(=O)O[C@]32C1. The Morgan fingerprint density at radius 2 is 2.07 bits per heavy atom. The van der Waals surface area contributed by atoms with Crippen LogP contribution < -0.4 is 0 Å². The van der Waals surface area contributed by atoms with Crippen LogP contribution in [0.1, 0.15) is 44.9 Å². The van der Waals surface area contributed by atoms with E-state index < -0.39 is 0 Å². The van der Waals surface area contributed by atoms with E-state index in [0.29, 0.717) is 18.3 Å². The van der Waals surface area contributed by atoms with E-state index in [0.717, 1.165) is 19.3 Å². The maximum absolute atomic E-state index is 11.5. The fourth-order valence-corrected chi connectivity index (χ4v) is 3.95. The Kier molecular flexibility index (Phi) is 1.95. The van der Waals surface area contributed by atoms with Gasteiger partial charge in [-0.2, -0.15) is 0 Å². The molecular formula is C13H18O2. The van der Waals surface area contributed by atoms with E-state index in [1.54, 1.807) is 0 Å². The summed E-state index contributed by atoms with van der Waals surface area (Å²) in [4.78, 5) is 11.5. The third-order valence-electron chi connectivity index (χ3n) is 4.55. The molecule has 0 N–H and O–H groups in total. The Hall–Kier alpha value is -0.790. The second-order valence-electron chi connectivity index (χ2n) is 5.42. The molecule has 2 saturated carbocycles. The summed E-state index contributed by atoms with van der Waals surface area (Å²) in [6.07, 6.45) is 7.48. The number of hydrogen-bond donors (Lipinski definition) is 0. The van der Waals surface area contributed by atoms with Crippen LogP contribution >= 0.6 is 0 Å². The van der Waals surface area contributed by atoms with Gasteiger partial charge in [-0.15, -0.1) is 0 Å². The summed E-state index contributed by atoms with van der Waals surface area (Å²) in [7, 11) is 0. The molecule has 82 valence electrons. The summed E-state index contributed by atoms with van der Waals surface area (Å²) in [5.41, 5.74) is 1.17. The lowest BCUT2D eigenvalue weighted by Crippen LogP contribution is -2.51. The van der Waals surface area contributed by atoms with Crippen molar-refractivity contribution in [1.29, 1.82) is 0 Å². The normalized spacial score (nSPS) is 44.5. The van der Waals surface area contributed by atoms with Crippen LogP contribution in [0.5, 0.6) is 0 Å². The molecule has 1 saturated heterocycles. The molecule has 3 fully saturated rings. The Bertz CT molecular complexity index is 318. The lowest BCUT2D eigenvalue weighted by molar-refractivity contribution is -0.188. The topological polar surface area (TPSA) is 26.3 Å². The third kappa shape index (κ3) is 1.27. The number of esters is 1. The smallest absolute Gasteiger partial charge is 0.306 e. The fraction of sp³-hybridized carbons (Fsp3) is 0.769. The average Bonchev–Trinajstić information content (AvgIpc) is 2.50. The molecule has 15 heavy (non-hydrogen) atoms. The minimum atomic E-state index is -0.120. The van der Waals surface area contributed by atoms with Crippen molar-refractivity contribution in [1.82, 2.24) is 0 Å². The van der Waals surface area contributed by atoms with Crippen molar-refractivity contribution in [3.05, 3.63) is 12.2 Å². The number of carbonyl (C=O) groups excluding carboxylic acids is 1. The zero-order valence-corrected chi connectivity index (χ0v) is 9.13. The van der Waals surface area contributed by atoms with Crippen LogP contribution in [0.4, 0.5) is 0 Å². The highest BCUT2D eigenvalue weighted by atomic mass is 16.6. The van der Waals surface area contributed by atoms with E-state index in [4.69, 9.17) is 4.74 Å². The van der Waals surface area contributed by atoms with Crippen molar-refractivity contribution >= 4 is 5.97 Å². The Morgan fingerprint density at radius 1 is 1.27 bits per heavy atom. The molecule has 2 aliphatic carbocycles. The van der Waals surface area contributed by atoms with E-state index in [-0.39, 0.29) is 11.6 Å². The summed E-state index contributed by atoms with van der Waals surface area (Å²) in [5, 5.41) is 0. The fourth-order valence-electron chi connectivity index (χ4n) is 3.95. The quantitative estimate of drug-likeness (QED) is 0.450. The Morgan fingerprint density at radius 3 is 2.93 bits per heavy atom. The highest BCUT2D eigenvalue weighted by Gasteiger charge is 2.55. The molecule has 1 aliphatic heterocycles. The molecule has 3 rings (SSSR count). The number of ether oxygens (including phenoxy) is 1. The summed E-state index contributed by atoms with van der Waals surface area (Å²) >= 11 is 0. The monoisotopic (exact) mass is 206 g/mol. The summed E-state index contributed by atoms with van der Waals surface area (Å²) < 4.78 is 5.77. The van der Waals surface area contributed by atoms with Crippen molar-refractivity contribution < 1.29 is 9.53 Å². The molecule has 1 heterocycles. The second-order valence-corrected chi connectivity index (χ2v) is 5.42. The number of hydrogen-bond acceptors (Lipinski definition) is 2. The van der Waals surface area contributed by atoms with Gasteiger partial charge in [0.15, 0.2) is 0 Å². The molecule has 0 unspecified atom stereocenters. The number of rotatable bonds is 0. The summed E-state index contributed by atoms with van der Waals surface area (Å²) in [5.74, 6) is 1.22. The van der Waals surface area contributed by atoms with Gasteiger partial charge in [-0.3, -0.25) is 4.79 Å². The van der Waals surface area contributed by atoms with Gasteiger partial charge in [0.1, 0.15) is 5.60 Å². The zero-order chi connectivity index (χ0) is 10.5. The van der Waals surface area contributed by atoms with Gasteiger partial charge in [-0.25, -0.2) is 0 Å². The van der Waals surface area contributed by atoms with Gasteiger partial charge >= 0.3 is 5.97 Å². The standard InChI is InChI=1S/C13H18O2/c1-9-7-11-4-2-3-10-5-6-12(14)15-13(10,11)8-9/h10-11H,1-8H2/t10-,11-,13+/m0/s1. The van der Waals surface area contributed by atoms with Crippen LogP contribution in [0.15, 0.2) is 12.2 Å².